The summed E-state index contributed by atoms with van der Waals surface area (Å²) in [6, 6.07) is 11.4. The van der Waals surface area contributed by atoms with Gasteiger partial charge in [-0.25, -0.2) is 0 Å². The topological polar surface area (TPSA) is 69.2 Å². The Labute approximate surface area is 139 Å². The van der Waals surface area contributed by atoms with Crippen molar-refractivity contribution in [2.24, 2.45) is 0 Å². The molecule has 0 fully saturated rings. The van der Waals surface area contributed by atoms with Gasteiger partial charge in [-0.15, -0.1) is 0 Å². The highest BCUT2D eigenvalue weighted by atomic mass is 16.3. The lowest BCUT2D eigenvalue weighted by Crippen LogP contribution is -2.25. The molecule has 24 heavy (non-hydrogen) atoms. The predicted molar refractivity (Wildman–Crippen MR) is 91.9 cm³/mol. The van der Waals surface area contributed by atoms with Gasteiger partial charge in [-0.2, -0.15) is 5.10 Å². The molecular formula is C19H19N3O2. The first kappa shape index (κ1) is 14.8. The molecule has 3 aromatic rings. The molecule has 122 valence electrons. The molecule has 0 radical (unpaired) electrons. The van der Waals surface area contributed by atoms with Crippen molar-refractivity contribution >= 4 is 16.8 Å². The van der Waals surface area contributed by atoms with Crippen LogP contribution in [0, 0.1) is 0 Å². The van der Waals surface area contributed by atoms with Crippen molar-refractivity contribution in [2.75, 3.05) is 0 Å². The van der Waals surface area contributed by atoms with Crippen molar-refractivity contribution in [2.45, 2.75) is 32.9 Å². The van der Waals surface area contributed by atoms with E-state index in [4.69, 9.17) is 0 Å². The number of fused-ring (bicyclic) bond motifs is 2. The van der Waals surface area contributed by atoms with E-state index in [2.05, 4.69) is 24.0 Å². The van der Waals surface area contributed by atoms with Gasteiger partial charge in [0.1, 0.15) is 5.75 Å². The first-order chi connectivity index (χ1) is 11.5. The molecule has 0 saturated carbocycles. The maximum atomic E-state index is 12.9. The predicted octanol–water partition coefficient (Wildman–Crippen LogP) is 3.55. The van der Waals surface area contributed by atoms with E-state index in [0.717, 1.165) is 22.2 Å². The first-order valence-electron chi connectivity index (χ1n) is 8.11. The minimum absolute atomic E-state index is 0.0229. The summed E-state index contributed by atoms with van der Waals surface area (Å²) in [7, 11) is 0. The quantitative estimate of drug-likeness (QED) is 0.758. The van der Waals surface area contributed by atoms with Gasteiger partial charge in [0.2, 0.25) is 0 Å². The average Bonchev–Trinajstić information content (AvgIpc) is 3.16. The van der Waals surface area contributed by atoms with Gasteiger partial charge in [-0.05, 0) is 23.1 Å². The maximum absolute atomic E-state index is 12.9. The molecule has 2 N–H and O–H groups in total. The van der Waals surface area contributed by atoms with Gasteiger partial charge in [-0.3, -0.25) is 9.89 Å². The summed E-state index contributed by atoms with van der Waals surface area (Å²) in [6.07, 6.45) is 0. The lowest BCUT2D eigenvalue weighted by molar-refractivity contribution is 0.0748. The molecule has 0 spiro atoms. The fraction of sp³-hybridized carbons (Fsp3) is 0.263. The van der Waals surface area contributed by atoms with Crippen molar-refractivity contribution in [3.8, 4) is 5.75 Å². The van der Waals surface area contributed by atoms with Crippen LogP contribution in [0.1, 0.15) is 46.9 Å². The Morgan fingerprint density at radius 2 is 1.88 bits per heavy atom. The Kier molecular flexibility index (Phi) is 3.30. The van der Waals surface area contributed by atoms with E-state index in [1.54, 1.807) is 17.0 Å². The van der Waals surface area contributed by atoms with E-state index in [9.17, 15) is 9.90 Å². The standard InChI is InChI=1S/C19H19N3O2/c1-11(2)18-14-7-15(17(23)8-16(14)20-21-18)19(24)22-9-12-5-3-4-6-13(12)10-22/h3-8,11,23H,9-10H2,1-2H3,(H,20,21). The molecule has 5 heteroatoms. The second-order valence-corrected chi connectivity index (χ2v) is 6.61. The van der Waals surface area contributed by atoms with Crippen LogP contribution in [0.2, 0.25) is 0 Å². The first-order valence-corrected chi connectivity index (χ1v) is 8.11. The molecule has 1 amide bonds. The number of carbonyl (C=O) groups excluding carboxylic acids is 1. The third-order valence-corrected chi connectivity index (χ3v) is 4.64. The third-order valence-electron chi connectivity index (χ3n) is 4.64. The summed E-state index contributed by atoms with van der Waals surface area (Å²) in [5, 5.41) is 18.4. The zero-order valence-electron chi connectivity index (χ0n) is 13.7. The molecule has 0 atom stereocenters. The van der Waals surface area contributed by atoms with Gasteiger partial charge in [0.15, 0.2) is 0 Å². The second kappa shape index (κ2) is 5.37. The smallest absolute Gasteiger partial charge is 0.258 e. The van der Waals surface area contributed by atoms with Crippen LogP contribution < -0.4 is 0 Å². The molecule has 0 saturated heterocycles. The van der Waals surface area contributed by atoms with E-state index in [1.807, 2.05) is 24.3 Å². The lowest BCUT2D eigenvalue weighted by Gasteiger charge is -2.16. The monoisotopic (exact) mass is 321 g/mol. The van der Waals surface area contributed by atoms with Gasteiger partial charge in [0.05, 0.1) is 11.1 Å². The normalized spacial score (nSPS) is 13.7. The summed E-state index contributed by atoms with van der Waals surface area (Å²) in [5.41, 5.74) is 4.31. The lowest BCUT2D eigenvalue weighted by atomic mass is 10.0. The molecular weight excluding hydrogens is 302 g/mol. The highest BCUT2D eigenvalue weighted by Gasteiger charge is 2.26. The molecule has 2 heterocycles. The number of H-pyrrole nitrogens is 1. The van der Waals surface area contributed by atoms with Crippen molar-refractivity contribution in [3.05, 3.63) is 58.8 Å². The number of benzene rings is 2. The Morgan fingerprint density at radius 1 is 1.21 bits per heavy atom. The van der Waals surface area contributed by atoms with Crippen LogP contribution in [0.3, 0.4) is 0 Å². The van der Waals surface area contributed by atoms with Gasteiger partial charge < -0.3 is 10.0 Å². The number of hydrogen-bond acceptors (Lipinski definition) is 3. The number of hydrogen-bond donors (Lipinski definition) is 2. The Morgan fingerprint density at radius 3 is 2.50 bits per heavy atom. The number of aromatic hydroxyl groups is 1. The molecule has 1 aromatic heterocycles. The maximum Gasteiger partial charge on any atom is 0.258 e. The number of nitrogens with zero attached hydrogens (tertiary/aromatic N) is 2. The number of nitrogens with one attached hydrogen (secondary N) is 1. The van der Waals surface area contributed by atoms with Gasteiger partial charge in [-0.1, -0.05) is 38.1 Å². The summed E-state index contributed by atoms with van der Waals surface area (Å²) < 4.78 is 0. The van der Waals surface area contributed by atoms with Crippen LogP contribution >= 0.6 is 0 Å². The second-order valence-electron chi connectivity index (χ2n) is 6.61. The fourth-order valence-electron chi connectivity index (χ4n) is 3.32. The summed E-state index contributed by atoms with van der Waals surface area (Å²) in [4.78, 5) is 14.7. The van der Waals surface area contributed by atoms with E-state index in [0.29, 0.717) is 24.2 Å². The highest BCUT2D eigenvalue weighted by molar-refractivity contribution is 6.01. The third kappa shape index (κ3) is 2.24. The molecule has 4 rings (SSSR count). The van der Waals surface area contributed by atoms with Crippen LogP contribution in [0.15, 0.2) is 36.4 Å². The fourth-order valence-corrected chi connectivity index (χ4v) is 3.32. The number of amides is 1. The largest absolute Gasteiger partial charge is 0.507 e. The van der Waals surface area contributed by atoms with Crippen molar-refractivity contribution in [1.29, 1.82) is 0 Å². The number of aromatic nitrogens is 2. The van der Waals surface area contributed by atoms with E-state index < -0.39 is 0 Å². The summed E-state index contributed by atoms with van der Waals surface area (Å²) in [5.74, 6) is 0.0882. The minimum atomic E-state index is -0.151. The summed E-state index contributed by atoms with van der Waals surface area (Å²) >= 11 is 0. The van der Waals surface area contributed by atoms with Gasteiger partial charge in [0.25, 0.3) is 5.91 Å². The average molecular weight is 321 g/mol. The van der Waals surface area contributed by atoms with Crippen LogP contribution in [-0.2, 0) is 13.1 Å². The van der Waals surface area contributed by atoms with Crippen molar-refractivity contribution in [3.63, 3.8) is 0 Å². The molecule has 1 aliphatic rings. The van der Waals surface area contributed by atoms with Crippen LogP contribution in [0.25, 0.3) is 10.9 Å². The number of phenols is 1. The van der Waals surface area contributed by atoms with Crippen LogP contribution in [-0.4, -0.2) is 26.1 Å². The van der Waals surface area contributed by atoms with E-state index in [1.165, 1.54) is 0 Å². The van der Waals surface area contributed by atoms with Gasteiger partial charge >= 0.3 is 0 Å². The number of carbonyl (C=O) groups is 1. The van der Waals surface area contributed by atoms with Gasteiger partial charge in [0, 0.05) is 30.2 Å². The number of aromatic amines is 1. The van der Waals surface area contributed by atoms with E-state index in [-0.39, 0.29) is 17.6 Å². The molecule has 1 aliphatic heterocycles. The van der Waals surface area contributed by atoms with Crippen molar-refractivity contribution in [1.82, 2.24) is 15.1 Å². The Bertz CT molecular complexity index is 918. The number of rotatable bonds is 2. The zero-order chi connectivity index (χ0) is 16.8. The number of phenolic OH excluding ortho intramolecular Hbond substituents is 1. The molecule has 2 aromatic carbocycles. The van der Waals surface area contributed by atoms with Crippen molar-refractivity contribution < 1.29 is 9.90 Å². The summed E-state index contributed by atoms with van der Waals surface area (Å²) in [6.45, 7) is 5.29. The molecule has 5 nitrogen and oxygen atoms in total. The minimum Gasteiger partial charge on any atom is -0.507 e. The van der Waals surface area contributed by atoms with E-state index >= 15 is 0 Å². The Hall–Kier alpha value is -2.82. The molecule has 0 bridgehead atoms. The highest BCUT2D eigenvalue weighted by Crippen LogP contribution is 2.31. The zero-order valence-corrected chi connectivity index (χ0v) is 13.7. The molecule has 0 unspecified atom stereocenters. The Balaban J connectivity index is 1.72. The SMILES string of the molecule is CC(C)c1[nH]nc2cc(O)c(C(=O)N3Cc4ccccc4C3)cc12. The van der Waals surface area contributed by atoms with Crippen LogP contribution in [0.5, 0.6) is 5.75 Å². The van der Waals surface area contributed by atoms with Crippen LogP contribution in [0.4, 0.5) is 0 Å². The molecule has 0 aliphatic carbocycles.